The third-order valence-corrected chi connectivity index (χ3v) is 8.38. The maximum Gasteiger partial charge on any atom is 0.429 e. The summed E-state index contributed by atoms with van der Waals surface area (Å²) >= 11 is 0. The van der Waals surface area contributed by atoms with Gasteiger partial charge in [-0.25, -0.2) is 14.8 Å². The number of likely N-dealkylation sites (N-methyl/N-ethyl adjacent to an activating group) is 1. The lowest BCUT2D eigenvalue weighted by Crippen LogP contribution is -2.50. The Kier molecular flexibility index (Phi) is 10.6. The Morgan fingerprint density at radius 3 is 2.32 bits per heavy atom. The molecule has 1 unspecified atom stereocenters. The minimum Gasteiger partial charge on any atom is -0.446 e. The number of piperidine rings is 2. The lowest BCUT2D eigenvalue weighted by molar-refractivity contribution is -0.124. The van der Waals surface area contributed by atoms with Crippen molar-refractivity contribution in [3.63, 3.8) is 0 Å². The number of carbonyl (C=O) groups excluding carboxylic acids is 3. The summed E-state index contributed by atoms with van der Waals surface area (Å²) in [5.74, 6) is -0.435. The maximum atomic E-state index is 13.6. The molecule has 231 valence electrons. The monoisotopic (exact) mass is 596 g/mol. The Morgan fingerprint density at radius 1 is 0.886 bits per heavy atom. The number of benzene rings is 3. The van der Waals surface area contributed by atoms with Gasteiger partial charge in [-0.3, -0.25) is 14.5 Å². The van der Waals surface area contributed by atoms with E-state index < -0.39 is 6.09 Å². The minimum atomic E-state index is -0.465. The third-order valence-electron chi connectivity index (χ3n) is 8.38. The molecule has 9 nitrogen and oxygen atoms in total. The van der Waals surface area contributed by atoms with Crippen LogP contribution in [-0.2, 0) is 16.1 Å². The van der Waals surface area contributed by atoms with Gasteiger partial charge in [-0.05, 0) is 68.0 Å². The number of rotatable bonds is 10. The first-order chi connectivity index (χ1) is 21.4. The quantitative estimate of drug-likeness (QED) is 0.349. The highest BCUT2D eigenvalue weighted by Crippen LogP contribution is 2.33. The van der Waals surface area contributed by atoms with Crippen molar-refractivity contribution in [1.29, 1.82) is 0 Å². The van der Waals surface area contributed by atoms with Crippen LogP contribution in [0.1, 0.15) is 48.0 Å². The van der Waals surface area contributed by atoms with Crippen LogP contribution in [0.4, 0.5) is 10.5 Å². The van der Waals surface area contributed by atoms with E-state index in [0.717, 1.165) is 61.0 Å². The van der Waals surface area contributed by atoms with E-state index >= 15 is 0 Å². The van der Waals surface area contributed by atoms with Gasteiger partial charge < -0.3 is 15.4 Å². The van der Waals surface area contributed by atoms with Crippen LogP contribution < -0.4 is 10.7 Å². The van der Waals surface area contributed by atoms with E-state index in [9.17, 15) is 14.4 Å². The largest absolute Gasteiger partial charge is 0.446 e. The first-order valence-corrected chi connectivity index (χ1v) is 15.5. The van der Waals surface area contributed by atoms with Crippen molar-refractivity contribution < 1.29 is 19.1 Å². The summed E-state index contributed by atoms with van der Waals surface area (Å²) in [6, 6.07) is 25.1. The van der Waals surface area contributed by atoms with E-state index in [4.69, 9.17) is 10.5 Å². The first-order valence-electron chi connectivity index (χ1n) is 15.5. The molecule has 44 heavy (non-hydrogen) atoms. The number of likely N-dealkylation sites (tertiary alicyclic amines) is 1. The molecule has 5 rings (SSSR count). The molecule has 0 bridgehead atoms. The zero-order chi connectivity index (χ0) is 30.9. The first kappa shape index (κ1) is 31.2. The van der Waals surface area contributed by atoms with Gasteiger partial charge in [0.25, 0.3) is 5.91 Å². The van der Waals surface area contributed by atoms with Gasteiger partial charge >= 0.3 is 6.09 Å². The van der Waals surface area contributed by atoms with Crippen molar-refractivity contribution in [3.05, 3.63) is 96.4 Å². The summed E-state index contributed by atoms with van der Waals surface area (Å²) in [5.41, 5.74) is 9.92. The summed E-state index contributed by atoms with van der Waals surface area (Å²) in [5, 5.41) is 3.69. The summed E-state index contributed by atoms with van der Waals surface area (Å²) < 4.78 is 5.79. The topological polar surface area (TPSA) is 99.4 Å². The lowest BCUT2D eigenvalue weighted by Gasteiger charge is -2.37. The highest BCUT2D eigenvalue weighted by molar-refractivity contribution is 5.94. The normalized spacial score (nSPS) is 17.5. The molecule has 0 spiro atoms. The number of primary amides is 1. The molecule has 2 aliphatic heterocycles. The number of amides is 3. The zero-order valence-electron chi connectivity index (χ0n) is 25.4. The van der Waals surface area contributed by atoms with Gasteiger partial charge in [0.1, 0.15) is 6.61 Å². The van der Waals surface area contributed by atoms with Gasteiger partial charge in [0.15, 0.2) is 0 Å². The second-order valence-corrected chi connectivity index (χ2v) is 11.4. The Balaban J connectivity index is 1.20. The molecular weight excluding hydrogens is 554 g/mol. The van der Waals surface area contributed by atoms with Crippen LogP contribution >= 0.6 is 0 Å². The highest BCUT2D eigenvalue weighted by Gasteiger charge is 2.29. The van der Waals surface area contributed by atoms with Gasteiger partial charge in [0, 0.05) is 37.8 Å². The van der Waals surface area contributed by atoms with Crippen LogP contribution in [0.3, 0.4) is 0 Å². The van der Waals surface area contributed by atoms with Crippen molar-refractivity contribution in [2.75, 3.05) is 44.8 Å². The third kappa shape index (κ3) is 7.65. The molecule has 1 radical (unpaired) electrons. The standard InChI is InChI=1S/C35H42N5O4/c1-37(34(42)29-19-17-27(18-20-29)26-38-21-11-8-16-32(38)33(36)41)24-25-44-35(43)40(39-22-9-3-10-23-39)31-15-7-6-14-30(31)28-12-4-2-5-13-28/h2-7,12-15,17-20,32H,8-11,16,21-26H2,1H3,(H2,36,41). The van der Waals surface area contributed by atoms with Crippen LogP contribution in [0.25, 0.3) is 11.1 Å². The average molecular weight is 597 g/mol. The van der Waals surface area contributed by atoms with E-state index in [2.05, 4.69) is 11.3 Å². The van der Waals surface area contributed by atoms with E-state index in [-0.39, 0.29) is 31.0 Å². The van der Waals surface area contributed by atoms with Gasteiger partial charge in [-0.1, -0.05) is 67.1 Å². The van der Waals surface area contributed by atoms with E-state index in [1.807, 2.05) is 71.7 Å². The van der Waals surface area contributed by atoms with E-state index in [0.29, 0.717) is 25.2 Å². The molecule has 0 aliphatic carbocycles. The molecule has 0 saturated carbocycles. The molecule has 2 N–H and O–H groups in total. The molecule has 9 heteroatoms. The predicted molar refractivity (Wildman–Crippen MR) is 171 cm³/mol. The van der Waals surface area contributed by atoms with Gasteiger partial charge in [-0.15, -0.1) is 0 Å². The zero-order valence-corrected chi connectivity index (χ0v) is 25.4. The predicted octanol–water partition coefficient (Wildman–Crippen LogP) is 5.12. The molecule has 1 atom stereocenters. The molecule has 3 amide bonds. The molecule has 3 aromatic carbocycles. The average Bonchev–Trinajstić information content (AvgIpc) is 3.06. The van der Waals surface area contributed by atoms with Crippen molar-refractivity contribution in [2.24, 2.45) is 5.73 Å². The van der Waals surface area contributed by atoms with Crippen molar-refractivity contribution in [3.8, 4) is 11.1 Å². The summed E-state index contributed by atoms with van der Waals surface area (Å²) in [6.45, 7) is 3.20. The number of anilines is 1. The second-order valence-electron chi connectivity index (χ2n) is 11.4. The van der Waals surface area contributed by atoms with Crippen molar-refractivity contribution in [2.45, 2.75) is 44.7 Å². The number of carbonyl (C=O) groups is 3. The van der Waals surface area contributed by atoms with Gasteiger partial charge in [0.05, 0.1) is 18.3 Å². The van der Waals surface area contributed by atoms with Crippen LogP contribution in [0.5, 0.6) is 0 Å². The lowest BCUT2D eigenvalue weighted by atomic mass is 10.0. The molecule has 2 fully saturated rings. The van der Waals surface area contributed by atoms with E-state index in [1.54, 1.807) is 29.1 Å². The summed E-state index contributed by atoms with van der Waals surface area (Å²) in [4.78, 5) is 42.3. The summed E-state index contributed by atoms with van der Waals surface area (Å²) in [7, 11) is 1.71. The summed E-state index contributed by atoms with van der Waals surface area (Å²) in [6.07, 6.45) is 6.39. The smallest absolute Gasteiger partial charge is 0.429 e. The van der Waals surface area contributed by atoms with Crippen LogP contribution in [0.2, 0.25) is 0 Å². The fourth-order valence-corrected chi connectivity index (χ4v) is 5.97. The Hall–Kier alpha value is -4.21. The fraction of sp³-hybridized carbons (Fsp3) is 0.371. The Morgan fingerprint density at radius 2 is 1.59 bits per heavy atom. The Bertz CT molecular complexity index is 1410. The maximum absolute atomic E-state index is 13.6. The van der Waals surface area contributed by atoms with Crippen LogP contribution in [0.15, 0.2) is 78.9 Å². The molecule has 2 heterocycles. The van der Waals surface area contributed by atoms with Gasteiger partial charge in [-0.2, -0.15) is 0 Å². The number of hydrazine groups is 1. The molecule has 0 aromatic heterocycles. The fourth-order valence-electron chi connectivity index (χ4n) is 5.97. The number of hydrogen-bond acceptors (Lipinski definition) is 6. The Labute approximate surface area is 260 Å². The van der Waals surface area contributed by atoms with Crippen LogP contribution in [-0.4, -0.2) is 78.6 Å². The van der Waals surface area contributed by atoms with Crippen LogP contribution in [0, 0.1) is 6.42 Å². The molecule has 2 saturated heterocycles. The number of hydrogen-bond donors (Lipinski definition) is 1. The SMILES string of the molecule is CN(CCOC(=O)N(c1ccccc1-c1ccccc1)N1CC[CH]CC1)C(=O)c1ccc(CN2CCCCC2C(N)=O)cc1. The number of nitrogens with zero attached hydrogens (tertiary/aromatic N) is 4. The molecule has 3 aromatic rings. The highest BCUT2D eigenvalue weighted by atomic mass is 16.6. The minimum absolute atomic E-state index is 0.0621. The number of para-hydroxylation sites is 1. The van der Waals surface area contributed by atoms with Crippen molar-refractivity contribution in [1.82, 2.24) is 14.8 Å². The van der Waals surface area contributed by atoms with Crippen molar-refractivity contribution >= 4 is 23.6 Å². The van der Waals surface area contributed by atoms with E-state index in [1.165, 1.54) is 0 Å². The number of ether oxygens (including phenoxy) is 1. The molecule has 2 aliphatic rings. The number of nitrogens with two attached hydrogens (primary N) is 1. The van der Waals surface area contributed by atoms with Gasteiger partial charge in [0.2, 0.25) is 5.91 Å². The molecular formula is C35H42N5O4. The second kappa shape index (κ2) is 15.0.